The van der Waals surface area contributed by atoms with Gasteiger partial charge in [0.25, 0.3) is 0 Å². The molecule has 120 valence electrons. The van der Waals surface area contributed by atoms with E-state index in [1.165, 1.54) is 27.9 Å². The van der Waals surface area contributed by atoms with Gasteiger partial charge >= 0.3 is 0 Å². The van der Waals surface area contributed by atoms with E-state index in [0.29, 0.717) is 0 Å². The quantitative estimate of drug-likeness (QED) is 0.565. The zero-order valence-corrected chi connectivity index (χ0v) is 14.4. The second kappa shape index (κ2) is 6.49. The minimum atomic E-state index is -0.338. The summed E-state index contributed by atoms with van der Waals surface area (Å²) in [6, 6.07) is 10.7. The van der Waals surface area contributed by atoms with E-state index < -0.39 is 0 Å². The summed E-state index contributed by atoms with van der Waals surface area (Å²) >= 11 is 0. The van der Waals surface area contributed by atoms with Crippen molar-refractivity contribution in [1.29, 1.82) is 0 Å². The fraction of sp³-hybridized carbons (Fsp3) is 0.167. The molecule has 1 saturated carbocycles. The number of benzene rings is 1. The first-order valence-corrected chi connectivity index (χ1v) is 8.50. The molecule has 0 spiro atoms. The molecule has 24 heavy (non-hydrogen) atoms. The molecule has 2 aliphatic rings. The van der Waals surface area contributed by atoms with E-state index in [1.807, 2.05) is 12.2 Å². The van der Waals surface area contributed by atoms with Crippen molar-refractivity contribution in [2.45, 2.75) is 25.2 Å². The van der Waals surface area contributed by atoms with Gasteiger partial charge in [-0.2, -0.15) is 0 Å². The minimum Gasteiger partial charge on any atom is -0.0991 e. The first-order valence-electron chi connectivity index (χ1n) is 8.50. The molecule has 1 atom stereocenters. The lowest BCUT2D eigenvalue weighted by Gasteiger charge is -2.35. The Morgan fingerprint density at radius 3 is 2.42 bits per heavy atom. The Labute approximate surface area is 145 Å². The first-order chi connectivity index (χ1) is 11.7. The van der Waals surface area contributed by atoms with Gasteiger partial charge in [0, 0.05) is 0 Å². The lowest BCUT2D eigenvalue weighted by molar-refractivity contribution is 0.749. The molecule has 3 rings (SSSR count). The molecule has 0 heterocycles. The summed E-state index contributed by atoms with van der Waals surface area (Å²) in [6.07, 6.45) is 15.0. The molecule has 0 radical (unpaired) electrons. The van der Waals surface area contributed by atoms with Gasteiger partial charge in [-0.05, 0) is 53.2 Å². The predicted octanol–water partition coefficient (Wildman–Crippen LogP) is 6.39. The van der Waals surface area contributed by atoms with Crippen LogP contribution in [-0.2, 0) is 5.41 Å². The molecular formula is C24H24. The molecule has 0 saturated heterocycles. The van der Waals surface area contributed by atoms with Gasteiger partial charge in [-0.15, -0.1) is 0 Å². The van der Waals surface area contributed by atoms with Crippen LogP contribution in [0, 0.1) is 0 Å². The molecule has 0 aliphatic heterocycles. The van der Waals surface area contributed by atoms with Crippen LogP contribution >= 0.6 is 0 Å². The fourth-order valence-corrected chi connectivity index (χ4v) is 4.14. The summed E-state index contributed by atoms with van der Waals surface area (Å²) in [5.41, 5.74) is 7.03. The first kappa shape index (κ1) is 16.3. The summed E-state index contributed by atoms with van der Waals surface area (Å²) in [4.78, 5) is 0. The van der Waals surface area contributed by atoms with Gasteiger partial charge in [-0.3, -0.25) is 0 Å². The maximum absolute atomic E-state index is 4.42. The van der Waals surface area contributed by atoms with Gasteiger partial charge in [-0.25, -0.2) is 0 Å². The highest BCUT2D eigenvalue weighted by Gasteiger charge is 2.50. The Kier molecular flexibility index (Phi) is 4.40. The molecule has 1 fully saturated rings. The fourth-order valence-electron chi connectivity index (χ4n) is 4.14. The van der Waals surface area contributed by atoms with Crippen LogP contribution in [0.5, 0.6) is 0 Å². The molecule has 0 bridgehead atoms. The minimum absolute atomic E-state index is 0.338. The molecule has 1 unspecified atom stereocenters. The third-order valence-electron chi connectivity index (χ3n) is 5.07. The molecule has 2 aliphatic carbocycles. The maximum Gasteiger partial charge on any atom is 0.0706 e. The van der Waals surface area contributed by atoms with E-state index in [1.54, 1.807) is 0 Å². The highest BCUT2D eigenvalue weighted by molar-refractivity contribution is 5.80. The van der Waals surface area contributed by atoms with Crippen LogP contribution in [0.2, 0.25) is 0 Å². The molecular weight excluding hydrogens is 288 g/mol. The predicted molar refractivity (Wildman–Crippen MR) is 105 cm³/mol. The van der Waals surface area contributed by atoms with Crippen LogP contribution < -0.4 is 0 Å². The summed E-state index contributed by atoms with van der Waals surface area (Å²) in [7, 11) is 0. The van der Waals surface area contributed by atoms with Crippen LogP contribution in [0.15, 0.2) is 114 Å². The molecule has 0 nitrogen and oxygen atoms in total. The Morgan fingerprint density at radius 1 is 1.08 bits per heavy atom. The molecule has 0 heteroatoms. The SMILES string of the molecule is C=C/C=C1\C(=C)C2=CCCC=C2C1(/C(C=C)=C/C)c1ccccc1. The van der Waals surface area contributed by atoms with E-state index in [2.05, 4.69) is 81.3 Å². The Bertz CT molecular complexity index is 809. The van der Waals surface area contributed by atoms with E-state index in [4.69, 9.17) is 0 Å². The van der Waals surface area contributed by atoms with Crippen molar-refractivity contribution >= 4 is 0 Å². The second-order valence-electron chi connectivity index (χ2n) is 6.17. The molecule has 0 amide bonds. The summed E-state index contributed by atoms with van der Waals surface area (Å²) in [5.74, 6) is 0. The number of allylic oxidation sites excluding steroid dienone is 11. The van der Waals surface area contributed by atoms with Gasteiger partial charge < -0.3 is 0 Å². The van der Waals surface area contributed by atoms with E-state index in [9.17, 15) is 0 Å². The van der Waals surface area contributed by atoms with Crippen LogP contribution in [-0.4, -0.2) is 0 Å². The summed E-state index contributed by atoms with van der Waals surface area (Å²) in [5, 5.41) is 0. The van der Waals surface area contributed by atoms with Gasteiger partial charge in [0.05, 0.1) is 5.41 Å². The van der Waals surface area contributed by atoms with Crippen molar-refractivity contribution in [3.8, 4) is 0 Å². The lowest BCUT2D eigenvalue weighted by Crippen LogP contribution is -2.29. The molecule has 1 aromatic rings. The lowest BCUT2D eigenvalue weighted by atomic mass is 9.66. The normalized spacial score (nSPS) is 25.1. The average molecular weight is 312 g/mol. The smallest absolute Gasteiger partial charge is 0.0706 e. The maximum atomic E-state index is 4.42. The molecule has 1 aromatic carbocycles. The van der Waals surface area contributed by atoms with Crippen LogP contribution in [0.1, 0.15) is 25.3 Å². The third kappa shape index (κ3) is 2.14. The van der Waals surface area contributed by atoms with Crippen molar-refractivity contribution in [3.63, 3.8) is 0 Å². The zero-order valence-electron chi connectivity index (χ0n) is 14.4. The second-order valence-corrected chi connectivity index (χ2v) is 6.17. The van der Waals surface area contributed by atoms with Gasteiger partial charge in [0.15, 0.2) is 0 Å². The van der Waals surface area contributed by atoms with Crippen molar-refractivity contribution in [2.75, 3.05) is 0 Å². The highest BCUT2D eigenvalue weighted by Crippen LogP contribution is 2.59. The topological polar surface area (TPSA) is 0 Å². The van der Waals surface area contributed by atoms with E-state index in [-0.39, 0.29) is 5.41 Å². The monoisotopic (exact) mass is 312 g/mol. The van der Waals surface area contributed by atoms with Gasteiger partial charge in [0.2, 0.25) is 0 Å². The van der Waals surface area contributed by atoms with Crippen molar-refractivity contribution < 1.29 is 0 Å². The van der Waals surface area contributed by atoms with Crippen LogP contribution in [0.25, 0.3) is 0 Å². The van der Waals surface area contributed by atoms with Crippen LogP contribution in [0.4, 0.5) is 0 Å². The highest BCUT2D eigenvalue weighted by atomic mass is 14.5. The average Bonchev–Trinajstić information content (AvgIpc) is 2.88. The Morgan fingerprint density at radius 2 is 1.79 bits per heavy atom. The molecule has 0 N–H and O–H groups in total. The Balaban J connectivity index is 2.46. The number of hydrogen-bond acceptors (Lipinski definition) is 0. The number of hydrogen-bond donors (Lipinski definition) is 0. The van der Waals surface area contributed by atoms with Gasteiger partial charge in [-0.1, -0.05) is 86.5 Å². The third-order valence-corrected chi connectivity index (χ3v) is 5.07. The standard InChI is InChI=1S/C24H24/c1-5-13-22-18(4)21-16-11-12-17-23(21)24(22,19(6-2)7-3)20-14-9-8-10-15-20/h5-10,13-17H,1-2,4,11-12H2,3H3/b19-7+,22-13+. The van der Waals surface area contributed by atoms with Gasteiger partial charge in [0.1, 0.15) is 0 Å². The van der Waals surface area contributed by atoms with Crippen molar-refractivity contribution in [2.24, 2.45) is 0 Å². The van der Waals surface area contributed by atoms with Crippen molar-refractivity contribution in [3.05, 3.63) is 120 Å². The van der Waals surface area contributed by atoms with Crippen LogP contribution in [0.3, 0.4) is 0 Å². The zero-order chi connectivity index (χ0) is 17.2. The number of fused-ring (bicyclic) bond motifs is 1. The summed E-state index contributed by atoms with van der Waals surface area (Å²) < 4.78 is 0. The van der Waals surface area contributed by atoms with E-state index >= 15 is 0 Å². The van der Waals surface area contributed by atoms with Crippen molar-refractivity contribution in [1.82, 2.24) is 0 Å². The largest absolute Gasteiger partial charge is 0.0991 e. The molecule has 0 aromatic heterocycles. The van der Waals surface area contributed by atoms with E-state index in [0.717, 1.165) is 18.4 Å². The number of rotatable bonds is 4. The summed E-state index contributed by atoms with van der Waals surface area (Å²) in [6.45, 7) is 14.6. The Hall–Kier alpha value is -2.60.